The second kappa shape index (κ2) is 4.84. The molecule has 0 amide bonds. The van der Waals surface area contributed by atoms with Gasteiger partial charge in [0.2, 0.25) is 0 Å². The zero-order valence-corrected chi connectivity index (χ0v) is 10.3. The molecule has 0 aliphatic rings. The van der Waals surface area contributed by atoms with Crippen LogP contribution in [0.15, 0.2) is 12.1 Å². The van der Waals surface area contributed by atoms with Crippen molar-refractivity contribution in [3.05, 3.63) is 33.8 Å². The largest absolute Gasteiger partial charge is 0.390 e. The van der Waals surface area contributed by atoms with Crippen LogP contribution in [-0.2, 0) is 0 Å². The third-order valence-corrected chi connectivity index (χ3v) is 3.08. The molecule has 5 heteroatoms. The fourth-order valence-corrected chi connectivity index (χ4v) is 2.12. The summed E-state index contributed by atoms with van der Waals surface area (Å²) in [4.78, 5) is 0. The van der Waals surface area contributed by atoms with E-state index in [1.54, 1.807) is 12.1 Å². The molecule has 1 rings (SSSR count). The minimum absolute atomic E-state index is 0.285. The summed E-state index contributed by atoms with van der Waals surface area (Å²) in [7, 11) is 0. The van der Waals surface area contributed by atoms with E-state index in [4.69, 9.17) is 23.2 Å². The van der Waals surface area contributed by atoms with E-state index >= 15 is 0 Å². The summed E-state index contributed by atoms with van der Waals surface area (Å²) in [6, 6.07) is 3.25. The first kappa shape index (κ1) is 13.7. The van der Waals surface area contributed by atoms with Crippen molar-refractivity contribution < 1.29 is 13.2 Å². The SMILES string of the molecule is Cc1cc(Cl)c(C(Cl)CC(F)(F)F)cc1C. The quantitative estimate of drug-likeness (QED) is 0.649. The van der Waals surface area contributed by atoms with E-state index in [0.29, 0.717) is 5.56 Å². The maximum Gasteiger partial charge on any atom is 0.390 e. The number of aryl methyl sites for hydroxylation is 2. The number of hydrogen-bond acceptors (Lipinski definition) is 0. The average molecular weight is 271 g/mol. The Labute approximate surface area is 102 Å². The number of halogens is 5. The second-order valence-electron chi connectivity index (χ2n) is 3.74. The van der Waals surface area contributed by atoms with Crippen LogP contribution in [0, 0.1) is 13.8 Å². The smallest absolute Gasteiger partial charge is 0.171 e. The zero-order chi connectivity index (χ0) is 12.5. The number of benzene rings is 1. The van der Waals surface area contributed by atoms with Gasteiger partial charge in [0.15, 0.2) is 0 Å². The number of alkyl halides is 4. The first-order chi connectivity index (χ1) is 7.20. The van der Waals surface area contributed by atoms with Crippen LogP contribution in [0.1, 0.15) is 28.5 Å². The summed E-state index contributed by atoms with van der Waals surface area (Å²) in [5.41, 5.74) is 2.15. The molecule has 0 bridgehead atoms. The maximum atomic E-state index is 12.2. The van der Waals surface area contributed by atoms with Gasteiger partial charge in [-0.1, -0.05) is 17.7 Å². The normalized spacial score (nSPS) is 13.9. The Morgan fingerprint density at radius 1 is 1.19 bits per heavy atom. The summed E-state index contributed by atoms with van der Waals surface area (Å²) in [6.07, 6.45) is -5.36. The molecule has 0 aliphatic carbocycles. The van der Waals surface area contributed by atoms with E-state index in [1.807, 2.05) is 13.8 Å². The molecule has 0 aromatic heterocycles. The highest BCUT2D eigenvalue weighted by Gasteiger charge is 2.32. The standard InChI is InChI=1S/C11H11Cl2F3/c1-6-3-8(9(12)4-7(6)2)10(13)5-11(14,15)16/h3-4,10H,5H2,1-2H3. The first-order valence-electron chi connectivity index (χ1n) is 4.68. The molecule has 90 valence electrons. The van der Waals surface area contributed by atoms with E-state index in [9.17, 15) is 13.2 Å². The predicted octanol–water partition coefficient (Wildman–Crippen LogP) is 5.19. The van der Waals surface area contributed by atoms with Crippen LogP contribution in [0.25, 0.3) is 0 Å². The first-order valence-corrected chi connectivity index (χ1v) is 5.49. The lowest BCUT2D eigenvalue weighted by Gasteiger charge is -2.15. The lowest BCUT2D eigenvalue weighted by atomic mass is 10.0. The molecular weight excluding hydrogens is 260 g/mol. The van der Waals surface area contributed by atoms with Crippen LogP contribution in [0.4, 0.5) is 13.2 Å². The molecule has 1 aromatic carbocycles. The molecule has 0 N–H and O–H groups in total. The Kier molecular flexibility index (Phi) is 4.13. The van der Waals surface area contributed by atoms with E-state index in [2.05, 4.69) is 0 Å². The maximum absolute atomic E-state index is 12.2. The molecule has 0 fully saturated rings. The van der Waals surface area contributed by atoms with Crippen molar-refractivity contribution in [1.29, 1.82) is 0 Å². The molecule has 0 heterocycles. The molecule has 1 aromatic rings. The van der Waals surface area contributed by atoms with Crippen LogP contribution in [0.2, 0.25) is 5.02 Å². The minimum atomic E-state index is -4.28. The van der Waals surface area contributed by atoms with E-state index in [0.717, 1.165) is 11.1 Å². The van der Waals surface area contributed by atoms with E-state index < -0.39 is 18.0 Å². The highest BCUT2D eigenvalue weighted by atomic mass is 35.5. The van der Waals surface area contributed by atoms with Crippen molar-refractivity contribution in [2.45, 2.75) is 31.8 Å². The lowest BCUT2D eigenvalue weighted by molar-refractivity contribution is -0.134. The monoisotopic (exact) mass is 270 g/mol. The Balaban J connectivity index is 3.00. The van der Waals surface area contributed by atoms with Gasteiger partial charge in [-0.25, -0.2) is 0 Å². The summed E-state index contributed by atoms with van der Waals surface area (Å²) in [6.45, 7) is 3.66. The molecule has 0 saturated carbocycles. The van der Waals surface area contributed by atoms with Crippen LogP contribution >= 0.6 is 23.2 Å². The summed E-state index contributed by atoms with van der Waals surface area (Å²) >= 11 is 11.6. The predicted molar refractivity (Wildman–Crippen MR) is 60.2 cm³/mol. The van der Waals surface area contributed by atoms with Gasteiger partial charge in [-0.3, -0.25) is 0 Å². The molecule has 1 atom stereocenters. The van der Waals surface area contributed by atoms with Crippen molar-refractivity contribution >= 4 is 23.2 Å². The van der Waals surface area contributed by atoms with E-state index in [-0.39, 0.29) is 5.02 Å². The van der Waals surface area contributed by atoms with Gasteiger partial charge in [0, 0.05) is 5.02 Å². The highest BCUT2D eigenvalue weighted by Crippen LogP contribution is 2.37. The highest BCUT2D eigenvalue weighted by molar-refractivity contribution is 6.32. The van der Waals surface area contributed by atoms with Gasteiger partial charge in [-0.15, -0.1) is 11.6 Å². The summed E-state index contributed by atoms with van der Waals surface area (Å²) < 4.78 is 36.5. The van der Waals surface area contributed by atoms with Crippen LogP contribution in [-0.4, -0.2) is 6.18 Å². The molecule has 1 unspecified atom stereocenters. The van der Waals surface area contributed by atoms with Gasteiger partial charge in [0.25, 0.3) is 0 Å². The Morgan fingerprint density at radius 3 is 2.19 bits per heavy atom. The summed E-state index contributed by atoms with van der Waals surface area (Å²) in [5.74, 6) is 0. The zero-order valence-electron chi connectivity index (χ0n) is 8.83. The van der Waals surface area contributed by atoms with Crippen molar-refractivity contribution in [3.63, 3.8) is 0 Å². The van der Waals surface area contributed by atoms with Crippen molar-refractivity contribution in [2.75, 3.05) is 0 Å². The molecular formula is C11H11Cl2F3. The average Bonchev–Trinajstić information content (AvgIpc) is 2.08. The lowest BCUT2D eigenvalue weighted by Crippen LogP contribution is -2.11. The fraction of sp³-hybridized carbons (Fsp3) is 0.455. The minimum Gasteiger partial charge on any atom is -0.171 e. The Morgan fingerprint density at radius 2 is 1.69 bits per heavy atom. The van der Waals surface area contributed by atoms with Crippen molar-refractivity contribution in [1.82, 2.24) is 0 Å². The fourth-order valence-electron chi connectivity index (χ4n) is 1.36. The van der Waals surface area contributed by atoms with Crippen molar-refractivity contribution in [2.24, 2.45) is 0 Å². The third kappa shape index (κ3) is 3.56. The third-order valence-electron chi connectivity index (χ3n) is 2.36. The molecule has 0 aliphatic heterocycles. The Hall–Kier alpha value is -0.410. The van der Waals surface area contributed by atoms with Crippen molar-refractivity contribution in [3.8, 4) is 0 Å². The molecule has 0 saturated heterocycles. The number of rotatable bonds is 2. The van der Waals surface area contributed by atoms with Gasteiger partial charge in [-0.05, 0) is 36.6 Å². The van der Waals surface area contributed by atoms with Gasteiger partial charge in [-0.2, -0.15) is 13.2 Å². The van der Waals surface area contributed by atoms with E-state index in [1.165, 1.54) is 0 Å². The summed E-state index contributed by atoms with van der Waals surface area (Å²) in [5, 5.41) is -0.848. The van der Waals surface area contributed by atoms with Crippen LogP contribution < -0.4 is 0 Å². The van der Waals surface area contributed by atoms with Gasteiger partial charge < -0.3 is 0 Å². The van der Waals surface area contributed by atoms with Gasteiger partial charge in [0.05, 0.1) is 11.8 Å². The topological polar surface area (TPSA) is 0 Å². The second-order valence-corrected chi connectivity index (χ2v) is 4.68. The van der Waals surface area contributed by atoms with Crippen LogP contribution in [0.3, 0.4) is 0 Å². The molecule has 0 spiro atoms. The van der Waals surface area contributed by atoms with Crippen LogP contribution in [0.5, 0.6) is 0 Å². The van der Waals surface area contributed by atoms with Gasteiger partial charge >= 0.3 is 6.18 Å². The molecule has 0 nitrogen and oxygen atoms in total. The molecule has 16 heavy (non-hydrogen) atoms. The number of hydrogen-bond donors (Lipinski definition) is 0. The van der Waals surface area contributed by atoms with Gasteiger partial charge in [0.1, 0.15) is 0 Å². The molecule has 0 radical (unpaired) electrons. The Bertz CT molecular complexity index is 386.